The van der Waals surface area contributed by atoms with Crippen LogP contribution in [0.3, 0.4) is 0 Å². The molecule has 11 heteroatoms. The van der Waals surface area contributed by atoms with E-state index >= 15 is 0 Å². The van der Waals surface area contributed by atoms with Crippen molar-refractivity contribution in [3.8, 4) is 0 Å². The molecule has 2 fully saturated rings. The summed E-state index contributed by atoms with van der Waals surface area (Å²) in [7, 11) is -1.50. The molecule has 0 saturated carbocycles. The van der Waals surface area contributed by atoms with Crippen LogP contribution in [0.25, 0.3) is 0 Å². The summed E-state index contributed by atoms with van der Waals surface area (Å²) in [6.07, 6.45) is 3.07. The maximum absolute atomic E-state index is 12.3. The van der Waals surface area contributed by atoms with Crippen LogP contribution in [0.4, 0.5) is 0 Å². The second-order valence-corrected chi connectivity index (χ2v) is 10.1. The number of hydrogen-bond donors (Lipinski definition) is 2. The van der Waals surface area contributed by atoms with Gasteiger partial charge in [-0.2, -0.15) is 11.8 Å². The zero-order valence-corrected chi connectivity index (χ0v) is 20.7. The van der Waals surface area contributed by atoms with Crippen LogP contribution < -0.4 is 10.6 Å². The smallest absolute Gasteiger partial charge is 0.215 e. The van der Waals surface area contributed by atoms with Crippen LogP contribution in [0.1, 0.15) is 19.3 Å². The molecule has 166 valence electrons. The minimum Gasteiger partial charge on any atom is -0.381 e. The SMILES string of the molecule is CN=C(NCCCOCC1CCOCC1)NCCS(=O)(=O)N1CCSCC1.I. The molecule has 0 bridgehead atoms. The highest BCUT2D eigenvalue weighted by Crippen LogP contribution is 2.14. The molecule has 0 aliphatic carbocycles. The highest BCUT2D eigenvalue weighted by Gasteiger charge is 2.23. The number of thioether (sulfide) groups is 1. The van der Waals surface area contributed by atoms with Gasteiger partial charge >= 0.3 is 0 Å². The Morgan fingerprint density at radius 2 is 1.89 bits per heavy atom. The largest absolute Gasteiger partial charge is 0.381 e. The van der Waals surface area contributed by atoms with Gasteiger partial charge in [-0.25, -0.2) is 12.7 Å². The minimum atomic E-state index is -3.18. The zero-order valence-electron chi connectivity index (χ0n) is 16.7. The van der Waals surface area contributed by atoms with E-state index in [0.29, 0.717) is 38.1 Å². The summed E-state index contributed by atoms with van der Waals surface area (Å²) < 4.78 is 37.3. The standard InChI is InChI=1S/C17H34N4O4S2.HI/c1-18-17(19-5-2-9-25-15-16-3-10-24-11-4-16)20-6-14-27(22,23)21-7-12-26-13-8-21;/h16H,2-15H2,1H3,(H2,18,19,20);1H. The van der Waals surface area contributed by atoms with Gasteiger partial charge in [-0.3, -0.25) is 4.99 Å². The number of ether oxygens (including phenoxy) is 2. The van der Waals surface area contributed by atoms with Gasteiger partial charge in [-0.1, -0.05) is 0 Å². The summed E-state index contributed by atoms with van der Waals surface area (Å²) in [4.78, 5) is 4.14. The fourth-order valence-electron chi connectivity index (χ4n) is 3.02. The maximum Gasteiger partial charge on any atom is 0.215 e. The Bertz CT molecular complexity index is 539. The Balaban J connectivity index is 0.00000392. The second kappa shape index (κ2) is 15.1. The number of rotatable bonds is 10. The molecule has 0 amide bonds. The van der Waals surface area contributed by atoms with Gasteiger partial charge in [0.2, 0.25) is 10.0 Å². The Morgan fingerprint density at radius 3 is 2.57 bits per heavy atom. The van der Waals surface area contributed by atoms with Crippen LogP contribution in [0, 0.1) is 5.92 Å². The van der Waals surface area contributed by atoms with Gasteiger partial charge in [0.15, 0.2) is 5.96 Å². The van der Waals surface area contributed by atoms with E-state index in [1.165, 1.54) is 0 Å². The Labute approximate surface area is 191 Å². The lowest BCUT2D eigenvalue weighted by Crippen LogP contribution is -2.44. The fraction of sp³-hybridized carbons (Fsp3) is 0.941. The number of aliphatic imine (C=N–C) groups is 1. The Kier molecular flexibility index (Phi) is 14.1. The van der Waals surface area contributed by atoms with E-state index < -0.39 is 10.0 Å². The second-order valence-electron chi connectivity index (χ2n) is 6.74. The van der Waals surface area contributed by atoms with E-state index in [4.69, 9.17) is 9.47 Å². The fourth-order valence-corrected chi connectivity index (χ4v) is 5.51. The van der Waals surface area contributed by atoms with Crippen LogP contribution in [0.15, 0.2) is 4.99 Å². The number of hydrogen-bond acceptors (Lipinski definition) is 6. The molecule has 0 spiro atoms. The summed E-state index contributed by atoms with van der Waals surface area (Å²) >= 11 is 1.80. The first-order valence-electron chi connectivity index (χ1n) is 9.77. The summed E-state index contributed by atoms with van der Waals surface area (Å²) in [5, 5.41) is 6.28. The molecule has 8 nitrogen and oxygen atoms in total. The summed E-state index contributed by atoms with van der Waals surface area (Å²) in [6, 6.07) is 0. The molecule has 0 radical (unpaired) electrons. The number of nitrogens with one attached hydrogen (secondary N) is 2. The van der Waals surface area contributed by atoms with Crippen molar-refractivity contribution in [2.75, 3.05) is 76.9 Å². The Morgan fingerprint density at radius 1 is 1.21 bits per heavy atom. The number of nitrogens with zero attached hydrogens (tertiary/aromatic N) is 2. The van der Waals surface area contributed by atoms with E-state index in [1.807, 2.05) is 0 Å². The topological polar surface area (TPSA) is 92.3 Å². The lowest BCUT2D eigenvalue weighted by atomic mass is 10.0. The Hall–Kier alpha value is 0.180. The molecular weight excluding hydrogens is 515 g/mol. The monoisotopic (exact) mass is 550 g/mol. The molecule has 2 heterocycles. The van der Waals surface area contributed by atoms with Gasteiger partial charge in [-0.15, -0.1) is 24.0 Å². The van der Waals surface area contributed by atoms with Gasteiger partial charge in [0, 0.05) is 71.2 Å². The first-order valence-corrected chi connectivity index (χ1v) is 12.5. The lowest BCUT2D eigenvalue weighted by Gasteiger charge is -2.25. The average Bonchev–Trinajstić information content (AvgIpc) is 2.70. The third-order valence-electron chi connectivity index (χ3n) is 4.69. The first kappa shape index (κ1) is 26.2. The molecule has 28 heavy (non-hydrogen) atoms. The number of halogens is 1. The zero-order chi connectivity index (χ0) is 19.4. The molecule has 0 atom stereocenters. The van der Waals surface area contributed by atoms with E-state index in [2.05, 4.69) is 15.6 Å². The average molecular weight is 551 g/mol. The predicted octanol–water partition coefficient (Wildman–Crippen LogP) is 0.981. The molecule has 0 unspecified atom stereocenters. The number of sulfonamides is 1. The van der Waals surface area contributed by atoms with E-state index in [-0.39, 0.29) is 29.7 Å². The van der Waals surface area contributed by atoms with Crippen molar-refractivity contribution in [3.63, 3.8) is 0 Å². The molecule has 2 aliphatic rings. The van der Waals surface area contributed by atoms with Crippen molar-refractivity contribution in [1.82, 2.24) is 14.9 Å². The van der Waals surface area contributed by atoms with Gasteiger partial charge in [-0.05, 0) is 25.2 Å². The molecule has 0 aromatic carbocycles. The predicted molar refractivity (Wildman–Crippen MR) is 126 cm³/mol. The van der Waals surface area contributed by atoms with Crippen LogP contribution >= 0.6 is 35.7 Å². The molecule has 0 aromatic rings. The summed E-state index contributed by atoms with van der Waals surface area (Å²) in [5.74, 6) is 3.11. The van der Waals surface area contributed by atoms with Gasteiger partial charge in [0.1, 0.15) is 0 Å². The molecule has 2 N–H and O–H groups in total. The highest BCUT2D eigenvalue weighted by molar-refractivity contribution is 14.0. The molecule has 0 aromatic heterocycles. The van der Waals surface area contributed by atoms with Gasteiger partial charge in [0.05, 0.1) is 5.75 Å². The van der Waals surface area contributed by atoms with Crippen molar-refractivity contribution in [1.29, 1.82) is 0 Å². The maximum atomic E-state index is 12.3. The highest BCUT2D eigenvalue weighted by atomic mass is 127. The van der Waals surface area contributed by atoms with Crippen LogP contribution in [0.5, 0.6) is 0 Å². The minimum absolute atomic E-state index is 0. The molecular formula is C17H35IN4O4S2. The summed E-state index contributed by atoms with van der Waals surface area (Å²) in [5.41, 5.74) is 0. The van der Waals surface area contributed by atoms with Crippen LogP contribution in [-0.4, -0.2) is 95.6 Å². The number of guanidine groups is 1. The first-order chi connectivity index (χ1) is 13.1. The third-order valence-corrected chi connectivity index (χ3v) is 7.51. The van der Waals surface area contributed by atoms with Crippen LogP contribution in [0.2, 0.25) is 0 Å². The molecule has 2 aliphatic heterocycles. The molecule has 2 rings (SSSR count). The lowest BCUT2D eigenvalue weighted by molar-refractivity contribution is 0.0203. The van der Waals surface area contributed by atoms with E-state index in [9.17, 15) is 8.42 Å². The molecule has 2 saturated heterocycles. The van der Waals surface area contributed by atoms with Crippen molar-refractivity contribution in [2.45, 2.75) is 19.3 Å². The van der Waals surface area contributed by atoms with Crippen molar-refractivity contribution < 1.29 is 17.9 Å². The quantitative estimate of drug-likeness (QED) is 0.181. The van der Waals surface area contributed by atoms with Crippen molar-refractivity contribution in [3.05, 3.63) is 0 Å². The summed E-state index contributed by atoms with van der Waals surface area (Å²) in [6.45, 7) is 5.55. The van der Waals surface area contributed by atoms with Gasteiger partial charge < -0.3 is 20.1 Å². The van der Waals surface area contributed by atoms with Crippen molar-refractivity contribution >= 4 is 51.7 Å². The van der Waals surface area contributed by atoms with Crippen molar-refractivity contribution in [2.24, 2.45) is 10.9 Å². The van der Waals surface area contributed by atoms with Crippen LogP contribution in [-0.2, 0) is 19.5 Å². The van der Waals surface area contributed by atoms with E-state index in [1.54, 1.807) is 23.1 Å². The van der Waals surface area contributed by atoms with Gasteiger partial charge in [0.25, 0.3) is 0 Å². The third kappa shape index (κ3) is 10.3. The normalized spacial score (nSPS) is 19.8. The van der Waals surface area contributed by atoms with E-state index in [0.717, 1.165) is 57.1 Å².